The predicted octanol–water partition coefficient (Wildman–Crippen LogP) is 9.15. The number of nitrogens with two attached hydrogens (primary N) is 1. The van der Waals surface area contributed by atoms with Crippen LogP contribution in [0.3, 0.4) is 0 Å². The van der Waals surface area contributed by atoms with Crippen LogP contribution in [0.2, 0.25) is 0 Å². The maximum absolute atomic E-state index is 6.95. The number of fused-ring (bicyclic) bond motifs is 5. The molecule has 10 atom stereocenters. The Kier molecular flexibility index (Phi) is 14.0. The molecule has 4 aliphatic rings. The summed E-state index contributed by atoms with van der Waals surface area (Å²) >= 11 is 0. The molecule has 4 fully saturated rings. The first-order chi connectivity index (χ1) is 20.4. The maximum Gasteiger partial charge on any atom is 0.0637 e. The molecular weight excluding hydrogens is 516 g/mol. The second kappa shape index (κ2) is 17.0. The van der Waals surface area contributed by atoms with E-state index >= 15 is 0 Å². The fraction of sp³-hybridized carbons (Fsp3) is 1.00. The van der Waals surface area contributed by atoms with Crippen LogP contribution in [0.5, 0.6) is 0 Å². The number of hydrogen-bond donors (Lipinski definition) is 2. The van der Waals surface area contributed by atoms with E-state index in [0.29, 0.717) is 23.0 Å². The van der Waals surface area contributed by atoms with E-state index in [0.717, 1.165) is 68.1 Å². The Hall–Kier alpha value is -0.160. The SMILES string of the molecule is CCCCCCCCNCCC[C@@H](C)[C@H]1CC[C@H]2C3CCC4C[C@H](OCCCN)CCC4(C)[C@H]3C[C@H](OCCC)[C@]12C. The summed E-state index contributed by atoms with van der Waals surface area (Å²) < 4.78 is 13.3. The van der Waals surface area contributed by atoms with Crippen LogP contribution >= 0.6 is 0 Å². The molecule has 246 valence electrons. The highest BCUT2D eigenvalue weighted by Crippen LogP contribution is 2.69. The number of nitrogens with one attached hydrogen (secondary N) is 1. The van der Waals surface area contributed by atoms with Gasteiger partial charge in [-0.1, -0.05) is 66.7 Å². The molecule has 4 heteroatoms. The van der Waals surface area contributed by atoms with Crippen LogP contribution in [-0.2, 0) is 9.47 Å². The van der Waals surface area contributed by atoms with E-state index in [1.54, 1.807) is 0 Å². The lowest BCUT2D eigenvalue weighted by molar-refractivity contribution is -0.192. The van der Waals surface area contributed by atoms with Crippen LogP contribution in [0.1, 0.15) is 150 Å². The van der Waals surface area contributed by atoms with Gasteiger partial charge < -0.3 is 20.5 Å². The largest absolute Gasteiger partial charge is 0.378 e. The van der Waals surface area contributed by atoms with Crippen molar-refractivity contribution < 1.29 is 9.47 Å². The van der Waals surface area contributed by atoms with Gasteiger partial charge in [0.1, 0.15) is 0 Å². The maximum atomic E-state index is 6.95. The van der Waals surface area contributed by atoms with Crippen molar-refractivity contribution in [1.29, 1.82) is 0 Å². The fourth-order valence-electron chi connectivity index (χ4n) is 11.0. The first kappa shape index (κ1) is 34.7. The second-order valence-electron chi connectivity index (χ2n) is 15.8. The van der Waals surface area contributed by atoms with Crippen molar-refractivity contribution in [2.45, 2.75) is 162 Å². The van der Waals surface area contributed by atoms with Gasteiger partial charge in [-0.25, -0.2) is 0 Å². The summed E-state index contributed by atoms with van der Waals surface area (Å²) in [4.78, 5) is 0. The predicted molar refractivity (Wildman–Crippen MR) is 179 cm³/mol. The Morgan fingerprint density at radius 2 is 1.57 bits per heavy atom. The lowest BCUT2D eigenvalue weighted by atomic mass is 9.43. The summed E-state index contributed by atoms with van der Waals surface area (Å²) in [5, 5.41) is 3.77. The minimum Gasteiger partial charge on any atom is -0.378 e. The van der Waals surface area contributed by atoms with Gasteiger partial charge in [-0.05, 0) is 149 Å². The summed E-state index contributed by atoms with van der Waals surface area (Å²) in [5.74, 6) is 5.04. The van der Waals surface area contributed by atoms with Gasteiger partial charge in [0, 0.05) is 13.2 Å². The smallest absolute Gasteiger partial charge is 0.0637 e. The number of hydrogen-bond acceptors (Lipinski definition) is 4. The third-order valence-electron chi connectivity index (χ3n) is 13.4. The monoisotopic (exact) mass is 589 g/mol. The molecule has 3 N–H and O–H groups in total. The quantitative estimate of drug-likeness (QED) is 0.148. The molecule has 0 spiro atoms. The Morgan fingerprint density at radius 3 is 2.36 bits per heavy atom. The van der Waals surface area contributed by atoms with Gasteiger partial charge in [0.15, 0.2) is 0 Å². The van der Waals surface area contributed by atoms with Crippen molar-refractivity contribution in [3.8, 4) is 0 Å². The molecule has 3 unspecified atom stereocenters. The van der Waals surface area contributed by atoms with E-state index < -0.39 is 0 Å². The number of unbranched alkanes of at least 4 members (excludes halogenated alkanes) is 5. The average Bonchev–Trinajstić information content (AvgIpc) is 3.35. The Morgan fingerprint density at radius 1 is 0.786 bits per heavy atom. The van der Waals surface area contributed by atoms with Crippen LogP contribution in [0.25, 0.3) is 0 Å². The third kappa shape index (κ3) is 7.97. The zero-order chi connectivity index (χ0) is 30.0. The molecule has 0 aliphatic heterocycles. The van der Waals surface area contributed by atoms with E-state index in [1.807, 2.05) is 0 Å². The van der Waals surface area contributed by atoms with Gasteiger partial charge in [-0.15, -0.1) is 0 Å². The molecule has 4 nitrogen and oxygen atoms in total. The first-order valence-electron chi connectivity index (χ1n) is 19.0. The van der Waals surface area contributed by atoms with Gasteiger partial charge in [0.25, 0.3) is 0 Å². The molecular formula is C38H72N2O2. The summed E-state index contributed by atoms with van der Waals surface area (Å²) in [7, 11) is 0. The van der Waals surface area contributed by atoms with E-state index in [1.165, 1.54) is 116 Å². The minimum atomic E-state index is 0.355. The number of ether oxygens (including phenoxy) is 2. The minimum absolute atomic E-state index is 0.355. The second-order valence-corrected chi connectivity index (χ2v) is 15.8. The zero-order valence-corrected chi connectivity index (χ0v) is 28.8. The number of rotatable bonds is 19. The van der Waals surface area contributed by atoms with E-state index in [9.17, 15) is 0 Å². The Labute approximate surface area is 261 Å². The molecule has 0 bridgehead atoms. The topological polar surface area (TPSA) is 56.5 Å². The van der Waals surface area contributed by atoms with Crippen molar-refractivity contribution in [3.63, 3.8) is 0 Å². The Bertz CT molecular complexity index is 761. The molecule has 0 saturated heterocycles. The van der Waals surface area contributed by atoms with E-state index in [4.69, 9.17) is 15.2 Å². The molecule has 4 aliphatic carbocycles. The van der Waals surface area contributed by atoms with Crippen LogP contribution in [-0.4, -0.2) is 45.1 Å². The van der Waals surface area contributed by atoms with Gasteiger partial charge in [0.2, 0.25) is 0 Å². The summed E-state index contributed by atoms with van der Waals surface area (Å²) in [5.41, 5.74) is 6.56. The van der Waals surface area contributed by atoms with Crippen LogP contribution < -0.4 is 11.1 Å². The standard InChI is InChI=1S/C38H72N2O2/c1-6-8-9-10-11-12-23-40-24-13-15-29(3)33-18-19-34-32-17-16-30-27-31(41-26-14-22-39)20-21-37(30,4)35(32)28-36(38(33,34)5)42-25-7-2/h29-36,40H,6-28,39H2,1-5H3/t29-,30?,31-,32?,33-,34+,35+,36+,37?,38-/m1/s1. The summed E-state index contributed by atoms with van der Waals surface area (Å²) in [6.07, 6.45) is 25.0. The van der Waals surface area contributed by atoms with Crippen LogP contribution in [0, 0.1) is 46.3 Å². The highest BCUT2D eigenvalue weighted by Gasteiger charge is 2.64. The zero-order valence-electron chi connectivity index (χ0n) is 28.8. The molecule has 0 amide bonds. The molecule has 0 aromatic carbocycles. The van der Waals surface area contributed by atoms with Gasteiger partial charge in [-0.3, -0.25) is 0 Å². The van der Waals surface area contributed by atoms with Gasteiger partial charge >= 0.3 is 0 Å². The lowest BCUT2D eigenvalue weighted by Gasteiger charge is -2.63. The van der Waals surface area contributed by atoms with Crippen LogP contribution in [0.4, 0.5) is 0 Å². The van der Waals surface area contributed by atoms with E-state index in [2.05, 4.69) is 39.9 Å². The van der Waals surface area contributed by atoms with Crippen molar-refractivity contribution in [1.82, 2.24) is 5.32 Å². The molecule has 0 aromatic heterocycles. The van der Waals surface area contributed by atoms with Crippen molar-refractivity contribution in [2.24, 2.45) is 52.1 Å². The fourth-order valence-corrected chi connectivity index (χ4v) is 11.0. The molecule has 0 radical (unpaired) electrons. The highest BCUT2D eigenvalue weighted by molar-refractivity contribution is 5.13. The average molecular weight is 589 g/mol. The molecule has 4 rings (SSSR count). The van der Waals surface area contributed by atoms with Crippen molar-refractivity contribution >= 4 is 0 Å². The van der Waals surface area contributed by atoms with Crippen molar-refractivity contribution in [3.05, 3.63) is 0 Å². The van der Waals surface area contributed by atoms with E-state index in [-0.39, 0.29) is 0 Å². The van der Waals surface area contributed by atoms with Crippen molar-refractivity contribution in [2.75, 3.05) is 32.8 Å². The first-order valence-corrected chi connectivity index (χ1v) is 19.0. The lowest BCUT2D eigenvalue weighted by Crippen LogP contribution is -2.59. The normalized spacial score (nSPS) is 38.6. The van der Waals surface area contributed by atoms with Gasteiger partial charge in [-0.2, -0.15) is 0 Å². The molecule has 42 heavy (non-hydrogen) atoms. The summed E-state index contributed by atoms with van der Waals surface area (Å²) in [6, 6.07) is 0. The molecule has 4 saturated carbocycles. The summed E-state index contributed by atoms with van der Waals surface area (Å²) in [6.45, 7) is 17.5. The third-order valence-corrected chi connectivity index (χ3v) is 13.4. The molecule has 0 aromatic rings. The van der Waals surface area contributed by atoms with Gasteiger partial charge in [0.05, 0.1) is 12.2 Å². The highest BCUT2D eigenvalue weighted by atomic mass is 16.5. The van der Waals surface area contributed by atoms with Crippen LogP contribution in [0.15, 0.2) is 0 Å². The molecule has 0 heterocycles. The Balaban J connectivity index is 1.34.